The van der Waals surface area contributed by atoms with Crippen LogP contribution in [0.2, 0.25) is 0 Å². The smallest absolute Gasteiger partial charge is 0.227 e. The van der Waals surface area contributed by atoms with Gasteiger partial charge in [0, 0.05) is 0 Å². The molecule has 1 rings (SSSR count). The highest BCUT2D eigenvalue weighted by molar-refractivity contribution is 9.42. The Morgan fingerprint density at radius 2 is 2.00 bits per heavy atom. The summed E-state index contributed by atoms with van der Waals surface area (Å²) in [5, 5.41) is 11.4. The van der Waals surface area contributed by atoms with Crippen molar-refractivity contribution in [3.8, 4) is 0 Å². The maximum Gasteiger partial charge on any atom is 0.240 e. The summed E-state index contributed by atoms with van der Waals surface area (Å²) in [6.07, 6.45) is 0. The van der Waals surface area contributed by atoms with E-state index in [4.69, 9.17) is 5.26 Å². The standard InChI is InChI=1S/C6H4Br3NO5S2/c7-6(8,9)17(12,13)5-3-1-2-4(10-5)16-15-14-11/h1-3,11H. The SMILES string of the molecule is O=S(=O)(c1cccc(SOOO)n1)C(Br)(Br)Br. The van der Waals surface area contributed by atoms with Crippen molar-refractivity contribution in [2.24, 2.45) is 0 Å². The van der Waals surface area contributed by atoms with E-state index in [1.807, 2.05) is 0 Å². The van der Waals surface area contributed by atoms with Gasteiger partial charge in [0.05, 0.1) is 12.0 Å². The van der Waals surface area contributed by atoms with Gasteiger partial charge in [0.25, 0.3) is 0 Å². The zero-order chi connectivity index (χ0) is 13.1. The molecule has 6 nitrogen and oxygen atoms in total. The Morgan fingerprint density at radius 3 is 2.53 bits per heavy atom. The van der Waals surface area contributed by atoms with Crippen LogP contribution in [0.3, 0.4) is 0 Å². The fourth-order valence-electron chi connectivity index (χ4n) is 0.761. The second kappa shape index (κ2) is 6.28. The van der Waals surface area contributed by atoms with Crippen molar-refractivity contribution in [1.29, 1.82) is 0 Å². The number of hydrogen-bond acceptors (Lipinski definition) is 7. The van der Waals surface area contributed by atoms with Crippen LogP contribution in [0.4, 0.5) is 0 Å². The van der Waals surface area contributed by atoms with Gasteiger partial charge in [-0.15, -0.1) is 4.33 Å². The van der Waals surface area contributed by atoms with Crippen LogP contribution in [-0.4, -0.2) is 20.1 Å². The summed E-state index contributed by atoms with van der Waals surface area (Å²) in [5.74, 6) is 0. The zero-order valence-corrected chi connectivity index (χ0v) is 14.1. The molecule has 0 bridgehead atoms. The third-order valence-electron chi connectivity index (χ3n) is 1.43. The maximum atomic E-state index is 11.9. The second-order valence-corrected chi connectivity index (χ2v) is 13.6. The Bertz CT molecular complexity index is 489. The Kier molecular flexibility index (Phi) is 5.85. The van der Waals surface area contributed by atoms with Crippen molar-refractivity contribution in [3.05, 3.63) is 18.2 Å². The third kappa shape index (κ3) is 4.13. The van der Waals surface area contributed by atoms with Gasteiger partial charge >= 0.3 is 0 Å². The first kappa shape index (κ1) is 15.8. The predicted octanol–water partition coefficient (Wildman–Crippen LogP) is 3.08. The van der Waals surface area contributed by atoms with Crippen LogP contribution in [0.25, 0.3) is 0 Å². The summed E-state index contributed by atoms with van der Waals surface area (Å²) in [7, 11) is -3.76. The molecule has 0 spiro atoms. The topological polar surface area (TPSA) is 85.7 Å². The molecule has 0 saturated carbocycles. The highest BCUT2D eigenvalue weighted by Gasteiger charge is 2.38. The van der Waals surface area contributed by atoms with E-state index >= 15 is 0 Å². The molecule has 0 aliphatic carbocycles. The van der Waals surface area contributed by atoms with Crippen molar-refractivity contribution in [2.45, 2.75) is 11.5 Å². The van der Waals surface area contributed by atoms with Crippen LogP contribution in [0, 0.1) is 0 Å². The largest absolute Gasteiger partial charge is 0.240 e. The predicted molar refractivity (Wildman–Crippen MR) is 71.6 cm³/mol. The van der Waals surface area contributed by atoms with Gasteiger partial charge in [-0.05, 0) is 59.9 Å². The summed E-state index contributed by atoms with van der Waals surface area (Å²) >= 11 is 9.32. The van der Waals surface area contributed by atoms with E-state index in [0.29, 0.717) is 12.0 Å². The molecule has 0 aliphatic rings. The van der Waals surface area contributed by atoms with Crippen LogP contribution < -0.4 is 0 Å². The van der Waals surface area contributed by atoms with Crippen molar-refractivity contribution in [2.75, 3.05) is 0 Å². The fraction of sp³-hybridized carbons (Fsp3) is 0.167. The molecule has 1 aromatic rings. The molecule has 0 fully saturated rings. The van der Waals surface area contributed by atoms with E-state index in [2.05, 4.69) is 62.1 Å². The minimum Gasteiger partial charge on any atom is -0.227 e. The lowest BCUT2D eigenvalue weighted by molar-refractivity contribution is -0.432. The molecule has 0 aromatic carbocycles. The minimum absolute atomic E-state index is 0.185. The summed E-state index contributed by atoms with van der Waals surface area (Å²) in [5.41, 5.74) is 0. The van der Waals surface area contributed by atoms with Gasteiger partial charge in [-0.1, -0.05) is 11.1 Å². The van der Waals surface area contributed by atoms with Gasteiger partial charge in [0.15, 0.2) is 5.03 Å². The molecule has 0 saturated heterocycles. The molecule has 0 atom stereocenters. The Balaban J connectivity index is 3.08. The lowest BCUT2D eigenvalue weighted by Gasteiger charge is -2.12. The number of alkyl halides is 3. The highest BCUT2D eigenvalue weighted by atomic mass is 80.0. The van der Waals surface area contributed by atoms with Crippen molar-refractivity contribution in [1.82, 2.24) is 4.98 Å². The van der Waals surface area contributed by atoms with Gasteiger partial charge in [0.1, 0.15) is 5.03 Å². The van der Waals surface area contributed by atoms with Crippen molar-refractivity contribution in [3.63, 3.8) is 0 Å². The van der Waals surface area contributed by atoms with E-state index in [9.17, 15) is 8.42 Å². The molecule has 11 heteroatoms. The van der Waals surface area contributed by atoms with Gasteiger partial charge in [0.2, 0.25) is 11.3 Å². The van der Waals surface area contributed by atoms with Crippen LogP contribution in [0.15, 0.2) is 28.3 Å². The third-order valence-corrected chi connectivity index (χ3v) is 7.18. The molecular formula is C6H4Br3NO5S2. The molecule has 0 amide bonds. The molecule has 96 valence electrons. The van der Waals surface area contributed by atoms with Crippen LogP contribution in [0.1, 0.15) is 0 Å². The van der Waals surface area contributed by atoms with Gasteiger partial charge < -0.3 is 0 Å². The number of halogens is 3. The monoisotopic (exact) mass is 471 g/mol. The molecule has 1 heterocycles. The van der Waals surface area contributed by atoms with E-state index in [1.165, 1.54) is 18.2 Å². The fourth-order valence-corrected chi connectivity index (χ4v) is 3.39. The Morgan fingerprint density at radius 1 is 1.35 bits per heavy atom. The number of aromatic nitrogens is 1. The first-order valence-corrected chi connectivity index (χ1v) is 8.32. The van der Waals surface area contributed by atoms with Crippen molar-refractivity contribution >= 4 is 69.7 Å². The van der Waals surface area contributed by atoms with Gasteiger partial charge in [-0.3, -0.25) is 0 Å². The van der Waals surface area contributed by atoms with E-state index < -0.39 is 11.3 Å². The maximum absolute atomic E-state index is 11.9. The first-order chi connectivity index (χ1) is 7.79. The second-order valence-electron chi connectivity index (χ2n) is 2.49. The molecule has 0 aliphatic heterocycles. The summed E-state index contributed by atoms with van der Waals surface area (Å²) < 4.78 is 26.5. The summed E-state index contributed by atoms with van der Waals surface area (Å²) in [6, 6.07) is 4.28. The van der Waals surface area contributed by atoms with Crippen molar-refractivity contribution < 1.29 is 23.0 Å². The number of rotatable bonds is 4. The lowest BCUT2D eigenvalue weighted by Crippen LogP contribution is -2.19. The number of hydrogen-bond donors (Lipinski definition) is 1. The van der Waals surface area contributed by atoms with Crippen LogP contribution in [-0.2, 0) is 19.2 Å². The zero-order valence-electron chi connectivity index (χ0n) is 7.71. The number of sulfone groups is 1. The molecule has 1 aromatic heterocycles. The normalized spacial score (nSPS) is 12.7. The Hall–Kier alpha value is 0.770. The summed E-state index contributed by atoms with van der Waals surface area (Å²) in [6.45, 7) is 0. The first-order valence-electron chi connectivity index (χ1n) is 3.72. The van der Waals surface area contributed by atoms with E-state index in [1.54, 1.807) is 0 Å². The number of nitrogens with zero attached hydrogens (tertiary/aromatic N) is 1. The number of pyridine rings is 1. The quantitative estimate of drug-likeness (QED) is 0.311. The van der Waals surface area contributed by atoms with Crippen LogP contribution in [0.5, 0.6) is 0 Å². The molecular weight excluding hydrogens is 470 g/mol. The van der Waals surface area contributed by atoms with Crippen LogP contribution >= 0.6 is 59.8 Å². The van der Waals surface area contributed by atoms with Gasteiger partial charge in [-0.2, -0.15) is 0 Å². The average molecular weight is 474 g/mol. The lowest BCUT2D eigenvalue weighted by atomic mass is 10.5. The molecule has 0 unspecified atom stereocenters. The molecule has 0 radical (unpaired) electrons. The Labute approximate surface area is 126 Å². The van der Waals surface area contributed by atoms with E-state index in [0.717, 1.165) is 0 Å². The average Bonchev–Trinajstić information content (AvgIpc) is 2.25. The molecule has 17 heavy (non-hydrogen) atoms. The highest BCUT2D eigenvalue weighted by Crippen LogP contribution is 2.42. The van der Waals surface area contributed by atoms with Gasteiger partial charge in [-0.25, -0.2) is 18.7 Å². The molecule has 1 N–H and O–H groups in total. The minimum atomic E-state index is -3.76. The summed E-state index contributed by atoms with van der Waals surface area (Å²) in [4.78, 5) is 3.82. The van der Waals surface area contributed by atoms with E-state index in [-0.39, 0.29) is 10.1 Å².